The molecule has 0 N–H and O–H groups in total. The minimum atomic E-state index is -0.0167. The fourth-order valence-corrected chi connectivity index (χ4v) is 2.63. The van der Waals surface area contributed by atoms with Crippen LogP contribution in [0, 0.1) is 6.92 Å². The van der Waals surface area contributed by atoms with E-state index in [4.69, 9.17) is 9.15 Å². The third-order valence-corrected chi connectivity index (χ3v) is 3.77. The molecule has 0 fully saturated rings. The number of hydrogen-bond donors (Lipinski definition) is 0. The van der Waals surface area contributed by atoms with Gasteiger partial charge in [0.2, 0.25) is 5.43 Å². The van der Waals surface area contributed by atoms with Crippen LogP contribution in [-0.2, 0) is 0 Å². The lowest BCUT2D eigenvalue weighted by Crippen LogP contribution is -2.07. The number of fused-ring (bicyclic) bond motifs is 1. The number of alkyl halides is 1. The van der Waals surface area contributed by atoms with E-state index in [0.717, 1.165) is 10.9 Å². The summed E-state index contributed by atoms with van der Waals surface area (Å²) in [6, 6.07) is 14.9. The van der Waals surface area contributed by atoms with Gasteiger partial charge in [0.15, 0.2) is 0 Å². The average molecular weight is 359 g/mol. The Balaban J connectivity index is 2.16. The lowest BCUT2D eigenvalue weighted by molar-refractivity contribution is 0.345. The van der Waals surface area contributed by atoms with Crippen LogP contribution in [0.1, 0.15) is 5.76 Å². The van der Waals surface area contributed by atoms with Crippen LogP contribution in [0.3, 0.4) is 0 Å². The van der Waals surface area contributed by atoms with Gasteiger partial charge in [0.1, 0.15) is 17.1 Å². The highest BCUT2D eigenvalue weighted by molar-refractivity contribution is 9.09. The molecule has 0 spiro atoms. The van der Waals surface area contributed by atoms with Crippen LogP contribution in [0.2, 0.25) is 0 Å². The first-order chi connectivity index (χ1) is 10.7. The van der Waals surface area contributed by atoms with E-state index in [9.17, 15) is 4.79 Å². The van der Waals surface area contributed by atoms with Gasteiger partial charge in [-0.25, -0.2) is 0 Å². The maximum absolute atomic E-state index is 12.8. The Bertz CT molecular complexity index is 853. The molecule has 0 bridgehead atoms. The SMILES string of the molecule is Cc1oc2cc(OCCBr)ccc2c(=O)c1-c1ccccc1. The minimum absolute atomic E-state index is 0.0167. The number of hydrogen-bond acceptors (Lipinski definition) is 3. The molecule has 0 unspecified atom stereocenters. The summed E-state index contributed by atoms with van der Waals surface area (Å²) in [6.07, 6.45) is 0. The number of ether oxygens (including phenoxy) is 1. The van der Waals surface area contributed by atoms with Crippen LogP contribution >= 0.6 is 15.9 Å². The molecule has 0 radical (unpaired) electrons. The lowest BCUT2D eigenvalue weighted by atomic mass is 10.0. The van der Waals surface area contributed by atoms with E-state index in [1.165, 1.54) is 0 Å². The Kier molecular flexibility index (Phi) is 4.29. The Morgan fingerprint density at radius 2 is 1.91 bits per heavy atom. The van der Waals surface area contributed by atoms with Crippen molar-refractivity contribution in [2.45, 2.75) is 6.92 Å². The maximum atomic E-state index is 12.8. The Hall–Kier alpha value is -2.07. The molecule has 4 heteroatoms. The molecule has 3 nitrogen and oxygen atoms in total. The van der Waals surface area contributed by atoms with Crippen LogP contribution < -0.4 is 10.2 Å². The molecule has 3 aromatic rings. The van der Waals surface area contributed by atoms with Gasteiger partial charge in [0.05, 0.1) is 17.6 Å². The summed E-state index contributed by atoms with van der Waals surface area (Å²) in [4.78, 5) is 12.8. The second kappa shape index (κ2) is 6.36. The van der Waals surface area contributed by atoms with Crippen LogP contribution in [0.25, 0.3) is 22.1 Å². The largest absolute Gasteiger partial charge is 0.493 e. The first kappa shape index (κ1) is 14.9. The van der Waals surface area contributed by atoms with Crippen molar-refractivity contribution in [1.29, 1.82) is 0 Å². The molecule has 0 aliphatic heterocycles. The summed E-state index contributed by atoms with van der Waals surface area (Å²) in [6.45, 7) is 2.38. The molecule has 112 valence electrons. The van der Waals surface area contributed by atoms with E-state index in [1.54, 1.807) is 18.2 Å². The molecule has 22 heavy (non-hydrogen) atoms. The monoisotopic (exact) mass is 358 g/mol. The zero-order chi connectivity index (χ0) is 15.5. The van der Waals surface area contributed by atoms with Crippen molar-refractivity contribution in [2.75, 3.05) is 11.9 Å². The van der Waals surface area contributed by atoms with Crippen molar-refractivity contribution in [3.05, 3.63) is 64.5 Å². The van der Waals surface area contributed by atoms with E-state index < -0.39 is 0 Å². The average Bonchev–Trinajstić information content (AvgIpc) is 2.53. The minimum Gasteiger partial charge on any atom is -0.493 e. The molecule has 0 atom stereocenters. The lowest BCUT2D eigenvalue weighted by Gasteiger charge is -2.09. The maximum Gasteiger partial charge on any atom is 0.200 e. The highest BCUT2D eigenvalue weighted by Gasteiger charge is 2.13. The summed E-state index contributed by atoms with van der Waals surface area (Å²) in [5, 5.41) is 1.32. The highest BCUT2D eigenvalue weighted by Crippen LogP contribution is 2.26. The number of halogens is 1. The predicted molar refractivity (Wildman–Crippen MR) is 91.9 cm³/mol. The van der Waals surface area contributed by atoms with Gasteiger partial charge in [0.25, 0.3) is 0 Å². The molecule has 2 aromatic carbocycles. The van der Waals surface area contributed by atoms with Gasteiger partial charge in [-0.15, -0.1) is 0 Å². The number of rotatable bonds is 4. The van der Waals surface area contributed by atoms with E-state index in [1.807, 2.05) is 37.3 Å². The Morgan fingerprint density at radius 3 is 2.64 bits per heavy atom. The van der Waals surface area contributed by atoms with Gasteiger partial charge < -0.3 is 9.15 Å². The van der Waals surface area contributed by atoms with E-state index in [-0.39, 0.29) is 5.43 Å². The third-order valence-electron chi connectivity index (χ3n) is 3.45. The fraction of sp³-hybridized carbons (Fsp3) is 0.167. The van der Waals surface area contributed by atoms with Crippen molar-refractivity contribution >= 4 is 26.9 Å². The molecule has 0 aliphatic carbocycles. The molecular weight excluding hydrogens is 344 g/mol. The van der Waals surface area contributed by atoms with Gasteiger partial charge in [-0.3, -0.25) is 4.79 Å². The second-order valence-corrected chi connectivity index (χ2v) is 5.72. The molecule has 0 saturated carbocycles. The summed E-state index contributed by atoms with van der Waals surface area (Å²) in [5.41, 5.74) is 2.02. The van der Waals surface area contributed by atoms with Crippen molar-refractivity contribution in [3.63, 3.8) is 0 Å². The van der Waals surface area contributed by atoms with Gasteiger partial charge in [0, 0.05) is 11.4 Å². The first-order valence-corrected chi connectivity index (χ1v) is 8.14. The standard InChI is InChI=1S/C18H15BrO3/c1-12-17(13-5-3-2-4-6-13)18(20)15-8-7-14(21-10-9-19)11-16(15)22-12/h2-8,11H,9-10H2,1H3. The second-order valence-electron chi connectivity index (χ2n) is 4.92. The summed E-state index contributed by atoms with van der Waals surface area (Å²) in [7, 11) is 0. The van der Waals surface area contributed by atoms with Crippen molar-refractivity contribution in [3.8, 4) is 16.9 Å². The fourth-order valence-electron chi connectivity index (χ4n) is 2.47. The predicted octanol–water partition coefficient (Wildman–Crippen LogP) is 4.54. The molecule has 1 aromatic heterocycles. The van der Waals surface area contributed by atoms with E-state index >= 15 is 0 Å². The smallest absolute Gasteiger partial charge is 0.200 e. The van der Waals surface area contributed by atoms with E-state index in [2.05, 4.69) is 15.9 Å². The van der Waals surface area contributed by atoms with Gasteiger partial charge in [-0.05, 0) is 24.6 Å². The zero-order valence-corrected chi connectivity index (χ0v) is 13.7. The number of benzene rings is 2. The summed E-state index contributed by atoms with van der Waals surface area (Å²) >= 11 is 3.32. The van der Waals surface area contributed by atoms with Gasteiger partial charge >= 0.3 is 0 Å². The molecule has 0 aliphatic rings. The Morgan fingerprint density at radius 1 is 1.14 bits per heavy atom. The molecular formula is C18H15BrO3. The number of aryl methyl sites for hydroxylation is 1. The molecule has 0 amide bonds. The molecule has 3 rings (SSSR count). The van der Waals surface area contributed by atoms with Crippen LogP contribution in [0.4, 0.5) is 0 Å². The van der Waals surface area contributed by atoms with E-state index in [0.29, 0.717) is 34.6 Å². The van der Waals surface area contributed by atoms with Crippen LogP contribution in [0.15, 0.2) is 57.7 Å². The topological polar surface area (TPSA) is 39.4 Å². The van der Waals surface area contributed by atoms with Crippen molar-refractivity contribution in [2.24, 2.45) is 0 Å². The summed E-state index contributed by atoms with van der Waals surface area (Å²) < 4.78 is 11.4. The molecule has 0 saturated heterocycles. The normalized spacial score (nSPS) is 10.8. The highest BCUT2D eigenvalue weighted by atomic mass is 79.9. The first-order valence-electron chi connectivity index (χ1n) is 7.02. The zero-order valence-electron chi connectivity index (χ0n) is 12.1. The van der Waals surface area contributed by atoms with Gasteiger partial charge in [-0.2, -0.15) is 0 Å². The summed E-state index contributed by atoms with van der Waals surface area (Å²) in [5.74, 6) is 1.31. The molecule has 1 heterocycles. The van der Waals surface area contributed by atoms with Gasteiger partial charge in [-0.1, -0.05) is 46.3 Å². The third kappa shape index (κ3) is 2.79. The Labute approximate surface area is 136 Å². The van der Waals surface area contributed by atoms with Crippen LogP contribution in [-0.4, -0.2) is 11.9 Å². The van der Waals surface area contributed by atoms with Crippen molar-refractivity contribution < 1.29 is 9.15 Å². The quantitative estimate of drug-likeness (QED) is 0.642. The van der Waals surface area contributed by atoms with Crippen molar-refractivity contribution in [1.82, 2.24) is 0 Å². The van der Waals surface area contributed by atoms with Crippen LogP contribution in [0.5, 0.6) is 5.75 Å².